The van der Waals surface area contributed by atoms with Crippen LogP contribution in [0, 0.1) is 0 Å². The predicted octanol–water partition coefficient (Wildman–Crippen LogP) is 13.4. The number of hydrogen-bond acceptors (Lipinski definition) is 7. The third-order valence-electron chi connectivity index (χ3n) is 10.2. The third kappa shape index (κ3) is 5.64. The molecule has 0 N–H and O–H groups in total. The van der Waals surface area contributed by atoms with Crippen LogP contribution in [0.1, 0.15) is 0 Å². The molecule has 0 unspecified atom stereocenters. The summed E-state index contributed by atoms with van der Waals surface area (Å²) in [7, 11) is 0. The van der Waals surface area contributed by atoms with Gasteiger partial charge in [-0.05, 0) is 30.3 Å². The predicted molar refractivity (Wildman–Crippen MR) is 234 cm³/mol. The van der Waals surface area contributed by atoms with Crippen molar-refractivity contribution >= 4 is 63.0 Å². The summed E-state index contributed by atoms with van der Waals surface area (Å²) in [5.41, 5.74) is 7.76. The molecular weight excluding hydrogens is 723 g/mol. The highest BCUT2D eigenvalue weighted by atomic mass is 32.1. The second-order valence-corrected chi connectivity index (χ2v) is 15.8. The molecule has 4 aromatic heterocycles. The minimum absolute atomic E-state index is 0.646. The van der Waals surface area contributed by atoms with E-state index in [2.05, 4.69) is 121 Å². The Morgan fingerprint density at radius 2 is 0.857 bits per heavy atom. The molecule has 0 aliphatic heterocycles. The first-order chi connectivity index (χ1) is 27.7. The number of benzene rings is 7. The first-order valence-corrected chi connectivity index (χ1v) is 20.0. The Labute approximate surface area is 330 Å². The standard InChI is InChI=1S/C49H29N5S2/c1-4-14-30(15-5-1)39-29-40(31-16-6-2-7-17-31)51-47(50-39)33-26-27-36-43(28-33)55-42-25-13-22-37(44(36)42)48-52-46(32-18-8-3-9-19-32)53-49(54-48)38-23-12-21-35-34-20-10-11-24-41(34)56-45(35)38/h1-29H. The van der Waals surface area contributed by atoms with E-state index in [1.54, 1.807) is 22.7 Å². The van der Waals surface area contributed by atoms with Gasteiger partial charge in [-0.25, -0.2) is 24.9 Å². The van der Waals surface area contributed by atoms with Gasteiger partial charge in [0, 0.05) is 73.7 Å². The molecule has 11 rings (SSSR count). The van der Waals surface area contributed by atoms with Gasteiger partial charge < -0.3 is 0 Å². The second-order valence-electron chi connectivity index (χ2n) is 13.6. The zero-order chi connectivity index (χ0) is 37.0. The monoisotopic (exact) mass is 751 g/mol. The molecule has 0 saturated carbocycles. The Bertz CT molecular complexity index is 3190. The number of hydrogen-bond donors (Lipinski definition) is 0. The number of rotatable bonds is 6. The van der Waals surface area contributed by atoms with E-state index in [4.69, 9.17) is 24.9 Å². The summed E-state index contributed by atoms with van der Waals surface area (Å²) in [5.74, 6) is 2.64. The molecule has 5 nitrogen and oxygen atoms in total. The zero-order valence-corrected chi connectivity index (χ0v) is 31.4. The van der Waals surface area contributed by atoms with Crippen molar-refractivity contribution < 1.29 is 0 Å². The van der Waals surface area contributed by atoms with Crippen LogP contribution in [-0.4, -0.2) is 24.9 Å². The van der Waals surface area contributed by atoms with Crippen molar-refractivity contribution in [3.05, 3.63) is 176 Å². The quantitative estimate of drug-likeness (QED) is 0.169. The number of nitrogens with zero attached hydrogens (tertiary/aromatic N) is 5. The molecule has 0 aliphatic carbocycles. The molecule has 0 aliphatic rings. The number of fused-ring (bicyclic) bond motifs is 6. The molecule has 0 radical (unpaired) electrons. The minimum atomic E-state index is 0.646. The van der Waals surface area contributed by atoms with Gasteiger partial charge in [0.15, 0.2) is 23.3 Å². The van der Waals surface area contributed by atoms with Crippen LogP contribution in [0.15, 0.2) is 176 Å². The fourth-order valence-electron chi connectivity index (χ4n) is 7.50. The normalized spacial score (nSPS) is 11.6. The highest BCUT2D eigenvalue weighted by Gasteiger charge is 2.20. The largest absolute Gasteiger partial charge is 0.228 e. The van der Waals surface area contributed by atoms with Gasteiger partial charge in [-0.1, -0.05) is 146 Å². The van der Waals surface area contributed by atoms with Crippen LogP contribution < -0.4 is 0 Å². The first-order valence-electron chi connectivity index (χ1n) is 18.4. The van der Waals surface area contributed by atoms with Crippen LogP contribution in [0.25, 0.3) is 108 Å². The van der Waals surface area contributed by atoms with E-state index < -0.39 is 0 Å². The topological polar surface area (TPSA) is 64.5 Å². The average Bonchev–Trinajstić information content (AvgIpc) is 3.85. The Morgan fingerprint density at radius 3 is 1.59 bits per heavy atom. The van der Waals surface area contributed by atoms with Crippen LogP contribution in [0.3, 0.4) is 0 Å². The SMILES string of the molecule is c1ccc(-c2cc(-c3ccccc3)nc(-c3ccc4c(c3)sc3cccc(-c5nc(-c6ccccc6)nc(-c6cccc7c6sc6ccccc67)n5)c34)n2)cc1. The summed E-state index contributed by atoms with van der Waals surface area (Å²) in [4.78, 5) is 25.8. The molecule has 0 saturated heterocycles. The third-order valence-corrected chi connectivity index (χ3v) is 12.5. The summed E-state index contributed by atoms with van der Waals surface area (Å²) in [6.45, 7) is 0. The van der Waals surface area contributed by atoms with E-state index in [1.807, 2.05) is 54.6 Å². The van der Waals surface area contributed by atoms with Crippen molar-refractivity contribution in [1.82, 2.24) is 24.9 Å². The first kappa shape index (κ1) is 32.5. The summed E-state index contributed by atoms with van der Waals surface area (Å²) >= 11 is 3.54. The van der Waals surface area contributed by atoms with Gasteiger partial charge in [-0.2, -0.15) is 0 Å². The van der Waals surface area contributed by atoms with E-state index in [-0.39, 0.29) is 0 Å². The van der Waals surface area contributed by atoms with E-state index in [0.717, 1.165) is 64.9 Å². The maximum absolute atomic E-state index is 5.27. The maximum atomic E-state index is 5.27. The summed E-state index contributed by atoms with van der Waals surface area (Å²) in [6, 6.07) is 60.8. The average molecular weight is 752 g/mol. The van der Waals surface area contributed by atoms with Crippen LogP contribution in [-0.2, 0) is 0 Å². The minimum Gasteiger partial charge on any atom is -0.228 e. The summed E-state index contributed by atoms with van der Waals surface area (Å²) in [5, 5.41) is 4.72. The Kier molecular flexibility index (Phi) is 7.79. The fraction of sp³-hybridized carbons (Fsp3) is 0. The number of thiophene rings is 2. The van der Waals surface area contributed by atoms with Crippen molar-refractivity contribution in [1.29, 1.82) is 0 Å². The van der Waals surface area contributed by atoms with Crippen LogP contribution in [0.4, 0.5) is 0 Å². The molecule has 56 heavy (non-hydrogen) atoms. The Morgan fingerprint density at radius 1 is 0.304 bits per heavy atom. The lowest BCUT2D eigenvalue weighted by Gasteiger charge is -2.10. The summed E-state index contributed by atoms with van der Waals surface area (Å²) < 4.78 is 4.72. The van der Waals surface area contributed by atoms with E-state index in [9.17, 15) is 0 Å². The maximum Gasteiger partial charge on any atom is 0.165 e. The van der Waals surface area contributed by atoms with Crippen molar-refractivity contribution in [3.8, 4) is 68.1 Å². The van der Waals surface area contributed by atoms with Gasteiger partial charge in [-0.3, -0.25) is 0 Å². The fourth-order valence-corrected chi connectivity index (χ4v) is 9.88. The van der Waals surface area contributed by atoms with Crippen molar-refractivity contribution in [2.75, 3.05) is 0 Å². The Balaban J connectivity index is 1.09. The Hall–Kier alpha value is -6.93. The molecule has 0 amide bonds. The molecule has 4 heterocycles. The molecular formula is C49H29N5S2. The molecule has 0 spiro atoms. The molecule has 11 aromatic rings. The van der Waals surface area contributed by atoms with E-state index >= 15 is 0 Å². The highest BCUT2D eigenvalue weighted by molar-refractivity contribution is 7.26. The second kappa shape index (κ2) is 13.4. The lowest BCUT2D eigenvalue weighted by Crippen LogP contribution is -2.00. The molecule has 7 heteroatoms. The lowest BCUT2D eigenvalue weighted by atomic mass is 10.0. The highest BCUT2D eigenvalue weighted by Crippen LogP contribution is 2.43. The molecule has 0 atom stereocenters. The van der Waals surface area contributed by atoms with Gasteiger partial charge in [0.25, 0.3) is 0 Å². The van der Waals surface area contributed by atoms with E-state index in [1.165, 1.54) is 20.2 Å². The molecule has 7 aromatic carbocycles. The van der Waals surface area contributed by atoms with Gasteiger partial charge >= 0.3 is 0 Å². The lowest BCUT2D eigenvalue weighted by molar-refractivity contribution is 1.08. The van der Waals surface area contributed by atoms with Crippen molar-refractivity contribution in [2.24, 2.45) is 0 Å². The van der Waals surface area contributed by atoms with E-state index in [0.29, 0.717) is 23.3 Å². The van der Waals surface area contributed by atoms with Crippen molar-refractivity contribution in [2.45, 2.75) is 0 Å². The van der Waals surface area contributed by atoms with Gasteiger partial charge in [0.2, 0.25) is 0 Å². The van der Waals surface area contributed by atoms with Crippen molar-refractivity contribution in [3.63, 3.8) is 0 Å². The van der Waals surface area contributed by atoms with Crippen LogP contribution in [0.5, 0.6) is 0 Å². The molecule has 262 valence electrons. The molecule has 0 fully saturated rings. The van der Waals surface area contributed by atoms with Gasteiger partial charge in [0.1, 0.15) is 0 Å². The van der Waals surface area contributed by atoms with Crippen LogP contribution >= 0.6 is 22.7 Å². The molecule has 0 bridgehead atoms. The number of aromatic nitrogens is 5. The van der Waals surface area contributed by atoms with Gasteiger partial charge in [0.05, 0.1) is 11.4 Å². The summed E-state index contributed by atoms with van der Waals surface area (Å²) in [6.07, 6.45) is 0. The van der Waals surface area contributed by atoms with Crippen LogP contribution in [0.2, 0.25) is 0 Å². The van der Waals surface area contributed by atoms with Gasteiger partial charge in [-0.15, -0.1) is 22.7 Å². The smallest absolute Gasteiger partial charge is 0.165 e. The zero-order valence-electron chi connectivity index (χ0n) is 29.8.